The molecule has 1 aliphatic rings. The van der Waals surface area contributed by atoms with Crippen molar-refractivity contribution in [1.82, 2.24) is 10.6 Å². The van der Waals surface area contributed by atoms with Gasteiger partial charge in [-0.2, -0.15) is 0 Å². The van der Waals surface area contributed by atoms with Crippen LogP contribution in [0.2, 0.25) is 0 Å². The number of hydrogen-bond acceptors (Lipinski definition) is 3. The second-order valence-corrected chi connectivity index (χ2v) is 5.93. The van der Waals surface area contributed by atoms with Crippen LogP contribution in [0, 0.1) is 11.7 Å². The molecule has 1 unspecified atom stereocenters. The summed E-state index contributed by atoms with van der Waals surface area (Å²) in [5, 5.41) is 6.27. The molecule has 2 heterocycles. The van der Waals surface area contributed by atoms with Crippen molar-refractivity contribution >= 4 is 18.3 Å². The molecule has 4 nitrogen and oxygen atoms in total. The maximum absolute atomic E-state index is 12.9. The highest BCUT2D eigenvalue weighted by molar-refractivity contribution is 5.92. The molecule has 1 aliphatic heterocycles. The molecule has 0 aliphatic carbocycles. The van der Waals surface area contributed by atoms with Crippen LogP contribution in [0.5, 0.6) is 0 Å². The minimum atomic E-state index is -0.296. The van der Waals surface area contributed by atoms with E-state index in [4.69, 9.17) is 4.42 Å². The molecule has 2 aromatic rings. The molecule has 1 saturated heterocycles. The molecular weight excluding hydrogens is 331 g/mol. The van der Waals surface area contributed by atoms with Gasteiger partial charge in [-0.3, -0.25) is 4.79 Å². The van der Waals surface area contributed by atoms with Gasteiger partial charge in [0.2, 0.25) is 0 Å². The van der Waals surface area contributed by atoms with Crippen molar-refractivity contribution < 1.29 is 13.6 Å². The lowest BCUT2D eigenvalue weighted by molar-refractivity contribution is 0.0924. The summed E-state index contributed by atoms with van der Waals surface area (Å²) >= 11 is 0. The van der Waals surface area contributed by atoms with Crippen molar-refractivity contribution in [3.63, 3.8) is 0 Å². The van der Waals surface area contributed by atoms with Crippen LogP contribution in [0.4, 0.5) is 4.39 Å². The zero-order chi connectivity index (χ0) is 16.1. The van der Waals surface area contributed by atoms with E-state index in [0.717, 1.165) is 25.1 Å². The average Bonchev–Trinajstić information content (AvgIpc) is 3.06. The molecule has 6 heteroatoms. The smallest absolute Gasteiger partial charge is 0.287 e. The summed E-state index contributed by atoms with van der Waals surface area (Å²) in [4.78, 5) is 12.1. The van der Waals surface area contributed by atoms with E-state index in [1.54, 1.807) is 24.3 Å². The van der Waals surface area contributed by atoms with Crippen LogP contribution in [0.25, 0.3) is 11.3 Å². The summed E-state index contributed by atoms with van der Waals surface area (Å²) in [5.41, 5.74) is 0.749. The first-order valence-electron chi connectivity index (χ1n) is 8.07. The Bertz CT molecular complexity index is 651. The van der Waals surface area contributed by atoms with Crippen molar-refractivity contribution in [2.45, 2.75) is 19.3 Å². The Morgan fingerprint density at radius 1 is 1.25 bits per heavy atom. The molecule has 1 atom stereocenters. The Hall–Kier alpha value is -1.85. The van der Waals surface area contributed by atoms with Gasteiger partial charge in [0, 0.05) is 12.1 Å². The second kappa shape index (κ2) is 8.85. The van der Waals surface area contributed by atoms with Crippen molar-refractivity contribution in [3.05, 3.63) is 48.0 Å². The van der Waals surface area contributed by atoms with Gasteiger partial charge in [-0.05, 0) is 74.7 Å². The summed E-state index contributed by atoms with van der Waals surface area (Å²) in [6.45, 7) is 2.78. The van der Waals surface area contributed by atoms with Crippen molar-refractivity contribution in [2.24, 2.45) is 5.92 Å². The third-order valence-corrected chi connectivity index (χ3v) is 4.20. The van der Waals surface area contributed by atoms with Crippen LogP contribution in [0.3, 0.4) is 0 Å². The number of piperidine rings is 1. The van der Waals surface area contributed by atoms with Crippen LogP contribution in [-0.4, -0.2) is 25.5 Å². The Labute approximate surface area is 147 Å². The fourth-order valence-electron chi connectivity index (χ4n) is 2.88. The molecule has 0 spiro atoms. The van der Waals surface area contributed by atoms with Crippen LogP contribution < -0.4 is 10.6 Å². The number of benzene rings is 1. The minimum Gasteiger partial charge on any atom is -0.451 e. The zero-order valence-electron chi connectivity index (χ0n) is 13.4. The summed E-state index contributed by atoms with van der Waals surface area (Å²) in [7, 11) is 0. The molecule has 0 bridgehead atoms. The van der Waals surface area contributed by atoms with E-state index in [1.807, 2.05) is 0 Å². The molecule has 1 aromatic carbocycles. The summed E-state index contributed by atoms with van der Waals surface area (Å²) in [6.07, 6.45) is 3.40. The molecular formula is C18H22ClFN2O2. The number of rotatable bonds is 5. The van der Waals surface area contributed by atoms with E-state index in [9.17, 15) is 9.18 Å². The van der Waals surface area contributed by atoms with E-state index >= 15 is 0 Å². The lowest BCUT2D eigenvalue weighted by Gasteiger charge is -2.22. The largest absolute Gasteiger partial charge is 0.451 e. The minimum absolute atomic E-state index is 0. The normalized spacial score (nSPS) is 17.1. The first kappa shape index (κ1) is 18.5. The maximum Gasteiger partial charge on any atom is 0.287 e. The third-order valence-electron chi connectivity index (χ3n) is 4.20. The van der Waals surface area contributed by atoms with Gasteiger partial charge in [0.25, 0.3) is 5.91 Å². The predicted molar refractivity (Wildman–Crippen MR) is 93.9 cm³/mol. The van der Waals surface area contributed by atoms with E-state index in [2.05, 4.69) is 10.6 Å². The predicted octanol–water partition coefficient (Wildman–Crippen LogP) is 3.63. The number of nitrogens with one attached hydrogen (secondary N) is 2. The number of halogens is 2. The Morgan fingerprint density at radius 3 is 2.75 bits per heavy atom. The highest BCUT2D eigenvalue weighted by atomic mass is 35.5. The quantitative estimate of drug-likeness (QED) is 0.864. The lowest BCUT2D eigenvalue weighted by atomic mass is 9.96. The summed E-state index contributed by atoms with van der Waals surface area (Å²) in [5.74, 6) is 0.978. The number of carbonyl (C=O) groups is 1. The fourth-order valence-corrected chi connectivity index (χ4v) is 2.88. The molecule has 1 aromatic heterocycles. The maximum atomic E-state index is 12.9. The van der Waals surface area contributed by atoms with E-state index in [-0.39, 0.29) is 29.9 Å². The lowest BCUT2D eigenvalue weighted by Crippen LogP contribution is -2.33. The number of furan rings is 1. The molecule has 0 radical (unpaired) electrons. The highest BCUT2D eigenvalue weighted by Gasteiger charge is 2.15. The van der Waals surface area contributed by atoms with Gasteiger partial charge in [0.05, 0.1) is 0 Å². The Balaban J connectivity index is 0.00000208. The van der Waals surface area contributed by atoms with Crippen molar-refractivity contribution in [1.29, 1.82) is 0 Å². The molecule has 1 amide bonds. The third kappa shape index (κ3) is 4.82. The van der Waals surface area contributed by atoms with Gasteiger partial charge in [-0.1, -0.05) is 0 Å². The van der Waals surface area contributed by atoms with Gasteiger partial charge in [0.1, 0.15) is 11.6 Å². The second-order valence-electron chi connectivity index (χ2n) is 5.93. The molecule has 24 heavy (non-hydrogen) atoms. The van der Waals surface area contributed by atoms with E-state index in [1.165, 1.54) is 25.0 Å². The van der Waals surface area contributed by atoms with Gasteiger partial charge in [0.15, 0.2) is 5.76 Å². The van der Waals surface area contributed by atoms with E-state index < -0.39 is 0 Å². The van der Waals surface area contributed by atoms with Gasteiger partial charge < -0.3 is 15.1 Å². The van der Waals surface area contributed by atoms with Gasteiger partial charge in [-0.15, -0.1) is 12.4 Å². The monoisotopic (exact) mass is 352 g/mol. The molecule has 3 rings (SSSR count). The molecule has 1 fully saturated rings. The zero-order valence-corrected chi connectivity index (χ0v) is 14.2. The van der Waals surface area contributed by atoms with Crippen LogP contribution in [0.15, 0.2) is 40.8 Å². The SMILES string of the molecule is Cl.O=C(NCCC1CCCNC1)c1ccc(-c2ccc(F)cc2)o1. The van der Waals surface area contributed by atoms with Crippen molar-refractivity contribution in [3.8, 4) is 11.3 Å². The average molecular weight is 353 g/mol. The van der Waals surface area contributed by atoms with Crippen LogP contribution >= 0.6 is 12.4 Å². The number of carbonyl (C=O) groups excluding carboxylic acids is 1. The standard InChI is InChI=1S/C18H21FN2O2.ClH/c19-15-5-3-14(4-6-15)16-7-8-17(23-16)18(22)21-11-9-13-2-1-10-20-12-13;/h3-8,13,20H,1-2,9-12H2,(H,21,22);1H. The number of amides is 1. The molecule has 0 saturated carbocycles. The van der Waals surface area contributed by atoms with Crippen molar-refractivity contribution in [2.75, 3.05) is 19.6 Å². The van der Waals surface area contributed by atoms with Crippen LogP contribution in [0.1, 0.15) is 29.8 Å². The topological polar surface area (TPSA) is 54.3 Å². The Morgan fingerprint density at radius 2 is 2.04 bits per heavy atom. The van der Waals surface area contributed by atoms with Gasteiger partial charge >= 0.3 is 0 Å². The first-order chi connectivity index (χ1) is 11.2. The van der Waals surface area contributed by atoms with E-state index in [0.29, 0.717) is 18.2 Å². The highest BCUT2D eigenvalue weighted by Crippen LogP contribution is 2.22. The Kier molecular flexibility index (Phi) is 6.82. The van der Waals surface area contributed by atoms with Crippen LogP contribution in [-0.2, 0) is 0 Å². The summed E-state index contributed by atoms with van der Waals surface area (Å²) in [6, 6.07) is 9.38. The molecule has 130 valence electrons. The summed E-state index contributed by atoms with van der Waals surface area (Å²) < 4.78 is 18.5. The fraction of sp³-hybridized carbons (Fsp3) is 0.389. The molecule has 2 N–H and O–H groups in total. The number of hydrogen-bond donors (Lipinski definition) is 2. The first-order valence-corrected chi connectivity index (χ1v) is 8.07. The van der Waals surface area contributed by atoms with Gasteiger partial charge in [-0.25, -0.2) is 4.39 Å².